The molecule has 2 aromatic rings. The van der Waals surface area contributed by atoms with E-state index in [1.807, 2.05) is 45.0 Å². The normalized spacial score (nSPS) is 20.4. The highest BCUT2D eigenvalue weighted by Crippen LogP contribution is 2.32. The Bertz CT molecular complexity index is 1050. The summed E-state index contributed by atoms with van der Waals surface area (Å²) in [6, 6.07) is 11.0. The maximum absolute atomic E-state index is 13.0. The molecule has 0 aliphatic carbocycles. The van der Waals surface area contributed by atoms with Crippen LogP contribution in [0.25, 0.3) is 0 Å². The quantitative estimate of drug-likeness (QED) is 0.811. The van der Waals surface area contributed by atoms with Gasteiger partial charge in [-0.05, 0) is 55.7 Å². The summed E-state index contributed by atoms with van der Waals surface area (Å²) < 4.78 is 0. The van der Waals surface area contributed by atoms with Crippen molar-refractivity contribution in [1.82, 2.24) is 5.01 Å². The van der Waals surface area contributed by atoms with Gasteiger partial charge in [0.2, 0.25) is 5.91 Å². The van der Waals surface area contributed by atoms with Crippen molar-refractivity contribution in [2.45, 2.75) is 32.9 Å². The Morgan fingerprint density at radius 1 is 1.00 bits per heavy atom. The number of nitrogens with zero attached hydrogens (tertiary/aromatic N) is 4. The molecular weight excluding hydrogens is 370 g/mol. The maximum Gasteiger partial charge on any atom is 0.263 e. The van der Waals surface area contributed by atoms with Gasteiger partial charge >= 0.3 is 0 Å². The van der Waals surface area contributed by atoms with E-state index in [2.05, 4.69) is 15.7 Å². The second kappa shape index (κ2) is 7.12. The monoisotopic (exact) mass is 391 g/mol. The van der Waals surface area contributed by atoms with Gasteiger partial charge in [0.1, 0.15) is 6.54 Å². The van der Waals surface area contributed by atoms with Crippen molar-refractivity contribution in [3.63, 3.8) is 0 Å². The van der Waals surface area contributed by atoms with E-state index in [-0.39, 0.29) is 12.5 Å². The topological polar surface area (TPSA) is 94.4 Å². The summed E-state index contributed by atoms with van der Waals surface area (Å²) >= 11 is 0. The number of benzene rings is 2. The van der Waals surface area contributed by atoms with Crippen LogP contribution in [-0.4, -0.2) is 41.4 Å². The zero-order valence-electron chi connectivity index (χ0n) is 16.4. The first-order chi connectivity index (χ1) is 13.9. The van der Waals surface area contributed by atoms with Crippen LogP contribution >= 0.6 is 0 Å². The first kappa shape index (κ1) is 18.8. The van der Waals surface area contributed by atoms with Gasteiger partial charge in [0.15, 0.2) is 12.1 Å². The Morgan fingerprint density at radius 3 is 2.48 bits per heavy atom. The molecule has 4 rings (SSSR count). The summed E-state index contributed by atoms with van der Waals surface area (Å²) in [5, 5.41) is 12.0. The van der Waals surface area contributed by atoms with E-state index < -0.39 is 23.9 Å². The smallest absolute Gasteiger partial charge is 0.263 e. The van der Waals surface area contributed by atoms with Gasteiger partial charge in [0.05, 0.1) is 5.69 Å². The molecule has 148 valence electrons. The van der Waals surface area contributed by atoms with Crippen LogP contribution < -0.4 is 10.2 Å². The predicted octanol–water partition coefficient (Wildman–Crippen LogP) is 2.54. The number of imide groups is 1. The number of anilines is 2. The molecule has 2 atom stereocenters. The highest BCUT2D eigenvalue weighted by molar-refractivity contribution is 6.25. The van der Waals surface area contributed by atoms with Crippen molar-refractivity contribution in [3.8, 4) is 0 Å². The van der Waals surface area contributed by atoms with E-state index in [1.165, 1.54) is 5.01 Å². The Labute approximate surface area is 168 Å². The van der Waals surface area contributed by atoms with Gasteiger partial charge in [-0.3, -0.25) is 19.4 Å². The van der Waals surface area contributed by atoms with Crippen LogP contribution in [0, 0.1) is 20.8 Å². The van der Waals surface area contributed by atoms with E-state index in [0.717, 1.165) is 21.6 Å². The van der Waals surface area contributed by atoms with Crippen molar-refractivity contribution >= 4 is 29.1 Å². The van der Waals surface area contributed by atoms with Crippen LogP contribution in [0.15, 0.2) is 52.8 Å². The number of para-hydroxylation sites is 1. The molecule has 8 heteroatoms. The number of fused-ring (bicyclic) bond motifs is 1. The molecule has 29 heavy (non-hydrogen) atoms. The third-order valence-corrected chi connectivity index (χ3v) is 5.33. The molecule has 0 unspecified atom stereocenters. The molecule has 8 nitrogen and oxygen atoms in total. The number of carbonyl (C=O) groups excluding carboxylic acids is 3. The van der Waals surface area contributed by atoms with Crippen molar-refractivity contribution in [2.75, 3.05) is 16.8 Å². The Balaban J connectivity index is 1.51. The van der Waals surface area contributed by atoms with Crippen LogP contribution in [0.4, 0.5) is 11.4 Å². The summed E-state index contributed by atoms with van der Waals surface area (Å²) in [7, 11) is 0. The second-order valence-electron chi connectivity index (χ2n) is 7.34. The fourth-order valence-corrected chi connectivity index (χ4v) is 3.52. The average molecular weight is 391 g/mol. The Morgan fingerprint density at radius 2 is 1.76 bits per heavy atom. The highest BCUT2D eigenvalue weighted by Gasteiger charge is 2.55. The molecule has 3 amide bonds. The fraction of sp³-hybridized carbons (Fsp3) is 0.286. The van der Waals surface area contributed by atoms with E-state index in [9.17, 15) is 14.4 Å². The van der Waals surface area contributed by atoms with E-state index >= 15 is 0 Å². The molecule has 1 fully saturated rings. The molecule has 2 heterocycles. The fourth-order valence-electron chi connectivity index (χ4n) is 3.52. The minimum Gasteiger partial charge on any atom is -0.324 e. The largest absolute Gasteiger partial charge is 0.324 e. The molecule has 2 aliphatic heterocycles. The van der Waals surface area contributed by atoms with Crippen LogP contribution in [0.1, 0.15) is 16.7 Å². The summed E-state index contributed by atoms with van der Waals surface area (Å²) in [4.78, 5) is 39.4. The lowest BCUT2D eigenvalue weighted by molar-refractivity contribution is -0.123. The van der Waals surface area contributed by atoms with Crippen LogP contribution in [0.3, 0.4) is 0 Å². The van der Waals surface area contributed by atoms with Gasteiger partial charge in [-0.2, -0.15) is 5.11 Å². The van der Waals surface area contributed by atoms with Gasteiger partial charge in [0, 0.05) is 5.69 Å². The van der Waals surface area contributed by atoms with E-state index in [4.69, 9.17) is 0 Å². The lowest BCUT2D eigenvalue weighted by Gasteiger charge is -2.20. The zero-order valence-corrected chi connectivity index (χ0v) is 16.4. The average Bonchev–Trinajstić information content (AvgIpc) is 3.20. The number of hydrogen-bond donors (Lipinski definition) is 1. The summed E-state index contributed by atoms with van der Waals surface area (Å²) in [6.45, 7) is 5.61. The molecule has 0 radical (unpaired) electrons. The summed E-state index contributed by atoms with van der Waals surface area (Å²) in [6.07, 6.45) is 0. The van der Waals surface area contributed by atoms with Crippen molar-refractivity contribution < 1.29 is 14.4 Å². The van der Waals surface area contributed by atoms with Gasteiger partial charge < -0.3 is 5.32 Å². The van der Waals surface area contributed by atoms with Gasteiger partial charge in [-0.1, -0.05) is 29.5 Å². The lowest BCUT2D eigenvalue weighted by atomic mass is 10.1. The Kier molecular flexibility index (Phi) is 4.62. The molecular formula is C21H21N5O3. The first-order valence-electron chi connectivity index (χ1n) is 9.35. The number of amides is 3. The van der Waals surface area contributed by atoms with E-state index in [0.29, 0.717) is 11.4 Å². The predicted molar refractivity (Wildman–Crippen MR) is 107 cm³/mol. The maximum atomic E-state index is 13.0. The first-order valence-corrected chi connectivity index (χ1v) is 9.35. The number of hydrogen-bond acceptors (Lipinski definition) is 6. The van der Waals surface area contributed by atoms with Crippen LogP contribution in [0.5, 0.6) is 0 Å². The highest BCUT2D eigenvalue weighted by atomic mass is 16.2. The number of aryl methyl sites for hydroxylation is 3. The molecule has 0 saturated carbocycles. The minimum atomic E-state index is -0.921. The van der Waals surface area contributed by atoms with Crippen LogP contribution in [-0.2, 0) is 14.4 Å². The van der Waals surface area contributed by atoms with Crippen molar-refractivity contribution in [3.05, 3.63) is 59.2 Å². The third kappa shape index (κ3) is 3.26. The molecule has 0 bridgehead atoms. The van der Waals surface area contributed by atoms with Crippen molar-refractivity contribution in [2.24, 2.45) is 10.3 Å². The standard InChI is InChI=1S/C21H21N5O3/c1-12-8-9-15(10-14(12)3)26-20(28)18-19(21(26)29)25(24-23-18)11-17(27)22-16-7-5-4-6-13(16)2/h4-10,18-19H,11H2,1-3H3,(H,22,27)/t18-,19-/m1/s1. The summed E-state index contributed by atoms with van der Waals surface area (Å²) in [5.41, 5.74) is 4.18. The molecule has 2 aromatic carbocycles. The molecule has 0 aromatic heterocycles. The van der Waals surface area contributed by atoms with Gasteiger partial charge in [-0.25, -0.2) is 4.90 Å². The third-order valence-electron chi connectivity index (χ3n) is 5.33. The molecule has 2 aliphatic rings. The van der Waals surface area contributed by atoms with Gasteiger partial charge in [0.25, 0.3) is 11.8 Å². The number of nitrogens with one attached hydrogen (secondary N) is 1. The molecule has 1 saturated heterocycles. The second-order valence-corrected chi connectivity index (χ2v) is 7.34. The van der Waals surface area contributed by atoms with E-state index in [1.54, 1.807) is 18.2 Å². The van der Waals surface area contributed by atoms with Crippen LogP contribution in [0.2, 0.25) is 0 Å². The summed E-state index contributed by atoms with van der Waals surface area (Å²) in [5.74, 6) is -1.17. The SMILES string of the molecule is Cc1ccc(N2C(=O)[C@@H]3N=NN(CC(=O)Nc4ccccc4C)[C@H]3C2=O)cc1C. The van der Waals surface area contributed by atoms with Gasteiger partial charge in [-0.15, -0.1) is 0 Å². The lowest BCUT2D eigenvalue weighted by Crippen LogP contribution is -2.43. The minimum absolute atomic E-state index is 0.168. The zero-order chi connectivity index (χ0) is 20.7. The number of carbonyl (C=O) groups is 3. The molecule has 1 N–H and O–H groups in total. The Hall–Kier alpha value is -3.55. The number of rotatable bonds is 4. The van der Waals surface area contributed by atoms with Crippen molar-refractivity contribution in [1.29, 1.82) is 0 Å². The molecule has 0 spiro atoms.